The number of pyridine rings is 1. The van der Waals surface area contributed by atoms with Gasteiger partial charge in [0.25, 0.3) is 5.56 Å². The van der Waals surface area contributed by atoms with Crippen LogP contribution in [0.5, 0.6) is 0 Å². The molecular formula is C14H12N4O3. The van der Waals surface area contributed by atoms with Gasteiger partial charge < -0.3 is 9.72 Å². The van der Waals surface area contributed by atoms with Gasteiger partial charge in [-0.15, -0.1) is 0 Å². The van der Waals surface area contributed by atoms with Gasteiger partial charge in [-0.2, -0.15) is 5.10 Å². The highest BCUT2D eigenvalue weighted by molar-refractivity contribution is 5.96. The Morgan fingerprint density at radius 2 is 2.05 bits per heavy atom. The zero-order valence-corrected chi connectivity index (χ0v) is 10.9. The van der Waals surface area contributed by atoms with Crippen LogP contribution in [0, 0.1) is 0 Å². The third kappa shape index (κ3) is 2.76. The molecule has 0 saturated carbocycles. The van der Waals surface area contributed by atoms with Crippen molar-refractivity contribution in [3.8, 4) is 0 Å². The second-order valence-electron chi connectivity index (χ2n) is 4.35. The van der Waals surface area contributed by atoms with Gasteiger partial charge in [-0.05, 0) is 11.6 Å². The van der Waals surface area contributed by atoms with E-state index in [4.69, 9.17) is 4.74 Å². The predicted octanol–water partition coefficient (Wildman–Crippen LogP) is 2.00. The number of amides is 1. The van der Waals surface area contributed by atoms with Crippen LogP contribution in [0.25, 0.3) is 10.9 Å². The number of hydrogen-bond donors (Lipinski definition) is 3. The van der Waals surface area contributed by atoms with E-state index in [2.05, 4.69) is 20.5 Å². The molecule has 106 valence electrons. The summed E-state index contributed by atoms with van der Waals surface area (Å²) in [7, 11) is 0. The van der Waals surface area contributed by atoms with Gasteiger partial charge in [0.2, 0.25) is 0 Å². The highest BCUT2D eigenvalue weighted by atomic mass is 16.5. The maximum atomic E-state index is 11.7. The maximum Gasteiger partial charge on any atom is 0.413 e. The lowest BCUT2D eigenvalue weighted by Gasteiger charge is -2.05. The number of nitrogens with zero attached hydrogens (tertiary/aromatic N) is 1. The summed E-state index contributed by atoms with van der Waals surface area (Å²) in [4.78, 5) is 26.0. The quantitative estimate of drug-likeness (QED) is 0.684. The Kier molecular flexibility index (Phi) is 3.38. The number of anilines is 1. The summed E-state index contributed by atoms with van der Waals surface area (Å²) in [6.07, 6.45) is 0.830. The maximum absolute atomic E-state index is 11.7. The molecule has 0 bridgehead atoms. The number of hydrogen-bond acceptors (Lipinski definition) is 4. The summed E-state index contributed by atoms with van der Waals surface area (Å²) >= 11 is 0. The highest BCUT2D eigenvalue weighted by Crippen LogP contribution is 2.15. The number of ether oxygens (including phenoxy) is 1. The van der Waals surface area contributed by atoms with Crippen LogP contribution >= 0.6 is 0 Å². The molecule has 0 aliphatic carbocycles. The van der Waals surface area contributed by atoms with E-state index in [1.807, 2.05) is 30.3 Å². The Hall–Kier alpha value is -3.09. The van der Waals surface area contributed by atoms with Gasteiger partial charge in [0, 0.05) is 6.20 Å². The molecule has 0 aliphatic rings. The third-order valence-corrected chi connectivity index (χ3v) is 2.92. The van der Waals surface area contributed by atoms with Gasteiger partial charge in [0.1, 0.15) is 12.0 Å². The van der Waals surface area contributed by atoms with Crippen molar-refractivity contribution >= 4 is 22.8 Å². The molecule has 3 aromatic rings. The van der Waals surface area contributed by atoms with E-state index in [0.717, 1.165) is 5.56 Å². The van der Waals surface area contributed by atoms with Gasteiger partial charge in [0.05, 0.1) is 5.52 Å². The summed E-state index contributed by atoms with van der Waals surface area (Å²) in [6.45, 7) is 0.144. The number of aromatic amines is 2. The summed E-state index contributed by atoms with van der Waals surface area (Å²) in [6, 6.07) is 11.0. The van der Waals surface area contributed by atoms with Crippen LogP contribution in [0.4, 0.5) is 10.6 Å². The van der Waals surface area contributed by atoms with E-state index >= 15 is 0 Å². The molecule has 0 radical (unpaired) electrons. The Bertz CT molecular complexity index is 823. The van der Waals surface area contributed by atoms with Crippen LogP contribution in [0.15, 0.2) is 47.4 Å². The van der Waals surface area contributed by atoms with Gasteiger partial charge in [-0.1, -0.05) is 30.3 Å². The molecular weight excluding hydrogens is 272 g/mol. The molecule has 3 N–H and O–H groups in total. The number of benzene rings is 1. The van der Waals surface area contributed by atoms with Crippen LogP contribution in [0.2, 0.25) is 0 Å². The Morgan fingerprint density at radius 1 is 1.24 bits per heavy atom. The Morgan fingerprint density at radius 3 is 2.86 bits per heavy atom. The molecule has 0 aliphatic heterocycles. The van der Waals surface area contributed by atoms with E-state index in [1.165, 1.54) is 6.20 Å². The van der Waals surface area contributed by atoms with E-state index in [9.17, 15) is 9.59 Å². The minimum atomic E-state index is -0.671. The molecule has 2 heterocycles. The van der Waals surface area contributed by atoms with Crippen molar-refractivity contribution < 1.29 is 9.53 Å². The van der Waals surface area contributed by atoms with Gasteiger partial charge >= 0.3 is 6.09 Å². The van der Waals surface area contributed by atoms with Crippen molar-refractivity contribution in [1.82, 2.24) is 15.2 Å². The smallest absolute Gasteiger partial charge is 0.413 e. The molecule has 3 rings (SSSR count). The first kappa shape index (κ1) is 12.9. The molecule has 0 spiro atoms. The lowest BCUT2D eigenvalue weighted by molar-refractivity contribution is 0.155. The molecule has 0 saturated heterocycles. The van der Waals surface area contributed by atoms with Crippen molar-refractivity contribution in [1.29, 1.82) is 0 Å². The number of rotatable bonds is 3. The predicted molar refractivity (Wildman–Crippen MR) is 77.0 cm³/mol. The summed E-state index contributed by atoms with van der Waals surface area (Å²) in [5.74, 6) is 0.143. The van der Waals surface area contributed by atoms with Crippen LogP contribution < -0.4 is 10.9 Å². The van der Waals surface area contributed by atoms with E-state index in [-0.39, 0.29) is 23.4 Å². The molecule has 1 aromatic carbocycles. The van der Waals surface area contributed by atoms with Crippen molar-refractivity contribution in [2.24, 2.45) is 0 Å². The topological polar surface area (TPSA) is 99.9 Å². The molecule has 7 heteroatoms. The molecule has 2 aromatic heterocycles. The number of H-pyrrole nitrogens is 2. The normalized spacial score (nSPS) is 10.5. The Balaban J connectivity index is 1.71. The van der Waals surface area contributed by atoms with E-state index in [0.29, 0.717) is 5.52 Å². The number of carbonyl (C=O) groups is 1. The molecule has 1 amide bonds. The minimum Gasteiger partial charge on any atom is -0.444 e. The molecule has 0 unspecified atom stereocenters. The Labute approximate surface area is 119 Å². The molecule has 21 heavy (non-hydrogen) atoms. The van der Waals surface area contributed by atoms with E-state index < -0.39 is 6.09 Å². The fraction of sp³-hybridized carbons (Fsp3) is 0.0714. The van der Waals surface area contributed by atoms with Crippen LogP contribution in [0.1, 0.15) is 5.56 Å². The number of aromatic nitrogens is 3. The van der Waals surface area contributed by atoms with Gasteiger partial charge in [0.15, 0.2) is 5.82 Å². The number of carbonyl (C=O) groups excluding carboxylic acids is 1. The first-order valence-electron chi connectivity index (χ1n) is 6.27. The lowest BCUT2D eigenvalue weighted by atomic mass is 10.2. The minimum absolute atomic E-state index is 0.143. The largest absolute Gasteiger partial charge is 0.444 e. The van der Waals surface area contributed by atoms with Gasteiger partial charge in [-0.3, -0.25) is 15.2 Å². The summed E-state index contributed by atoms with van der Waals surface area (Å²) < 4.78 is 5.07. The standard InChI is InChI=1S/C14H12N4O3/c19-13-11-10(6-7-15-13)17-18-12(11)16-14(20)21-8-9-4-2-1-3-5-9/h1-7H,8H2,(H,15,19)(H2,16,17,18,20). The summed E-state index contributed by atoms with van der Waals surface area (Å²) in [5, 5.41) is 9.30. The number of nitrogens with one attached hydrogen (secondary N) is 3. The average molecular weight is 284 g/mol. The molecule has 0 fully saturated rings. The van der Waals surface area contributed by atoms with E-state index in [1.54, 1.807) is 6.07 Å². The average Bonchev–Trinajstić information content (AvgIpc) is 2.91. The summed E-state index contributed by atoms with van der Waals surface area (Å²) in [5.41, 5.74) is 1.08. The first-order chi connectivity index (χ1) is 10.2. The fourth-order valence-corrected chi connectivity index (χ4v) is 1.93. The van der Waals surface area contributed by atoms with Crippen molar-refractivity contribution in [3.63, 3.8) is 0 Å². The fourth-order valence-electron chi connectivity index (χ4n) is 1.93. The third-order valence-electron chi connectivity index (χ3n) is 2.92. The number of fused-ring (bicyclic) bond motifs is 1. The zero-order valence-electron chi connectivity index (χ0n) is 10.9. The lowest BCUT2D eigenvalue weighted by Crippen LogP contribution is -2.15. The van der Waals surface area contributed by atoms with Gasteiger partial charge in [-0.25, -0.2) is 4.79 Å². The van der Waals surface area contributed by atoms with Crippen molar-refractivity contribution in [2.75, 3.05) is 5.32 Å². The zero-order chi connectivity index (χ0) is 14.7. The van der Waals surface area contributed by atoms with Crippen molar-refractivity contribution in [3.05, 3.63) is 58.5 Å². The second-order valence-corrected chi connectivity index (χ2v) is 4.35. The van der Waals surface area contributed by atoms with Crippen LogP contribution in [-0.4, -0.2) is 21.3 Å². The molecule has 7 nitrogen and oxygen atoms in total. The molecule has 0 atom stereocenters. The second kappa shape index (κ2) is 5.49. The van der Waals surface area contributed by atoms with Crippen LogP contribution in [0.3, 0.4) is 0 Å². The van der Waals surface area contributed by atoms with Crippen LogP contribution in [-0.2, 0) is 11.3 Å². The van der Waals surface area contributed by atoms with Crippen molar-refractivity contribution in [2.45, 2.75) is 6.61 Å². The highest BCUT2D eigenvalue weighted by Gasteiger charge is 2.12. The SMILES string of the molecule is O=C(Nc1n[nH]c2cc[nH]c(=O)c12)OCc1ccccc1. The first-order valence-corrected chi connectivity index (χ1v) is 6.27. The monoisotopic (exact) mass is 284 g/mol.